The molecule has 1 saturated heterocycles. The van der Waals surface area contributed by atoms with E-state index in [0.717, 1.165) is 32.1 Å². The fraction of sp³-hybridized carbons (Fsp3) is 1.00. The Kier molecular flexibility index (Phi) is 3.98. The molecule has 1 rings (SSSR count). The van der Waals surface area contributed by atoms with E-state index in [0.29, 0.717) is 0 Å². The van der Waals surface area contributed by atoms with E-state index in [-0.39, 0.29) is 0 Å². The van der Waals surface area contributed by atoms with Gasteiger partial charge in [0.05, 0.1) is 0 Å². The van der Waals surface area contributed by atoms with Crippen LogP contribution < -0.4 is 5.32 Å². The van der Waals surface area contributed by atoms with E-state index in [1.54, 1.807) is 0 Å². The van der Waals surface area contributed by atoms with Crippen LogP contribution in [0.25, 0.3) is 0 Å². The van der Waals surface area contributed by atoms with Crippen LogP contribution in [-0.4, -0.2) is 63.7 Å². The number of nitrogens with zero attached hydrogens (tertiary/aromatic N) is 3. The summed E-state index contributed by atoms with van der Waals surface area (Å²) in [5.41, 5.74) is 0. The van der Waals surface area contributed by atoms with Crippen molar-refractivity contribution in [2.75, 3.05) is 53.9 Å². The lowest BCUT2D eigenvalue weighted by atomic mass is 10.1. The summed E-state index contributed by atoms with van der Waals surface area (Å²) in [4.78, 5) is 4.63. The zero-order valence-corrected chi connectivity index (χ0v) is 8.45. The smallest absolute Gasteiger partial charge is 0.0261 e. The molecule has 1 aliphatic heterocycles. The highest BCUT2D eigenvalue weighted by molar-refractivity contribution is 4.72. The van der Waals surface area contributed by atoms with E-state index in [9.17, 15) is 0 Å². The van der Waals surface area contributed by atoms with Gasteiger partial charge in [0, 0.05) is 32.7 Å². The van der Waals surface area contributed by atoms with Crippen molar-refractivity contribution in [1.82, 2.24) is 15.1 Å². The Morgan fingerprint density at radius 3 is 2.92 bits per heavy atom. The largest absolute Gasteiger partial charge is 0.309 e. The molecule has 3 nitrogen and oxygen atoms in total. The Labute approximate surface area is 75.7 Å². The molecule has 0 bridgehead atoms. The topological polar surface area (TPSA) is 20.6 Å². The maximum atomic E-state index is 4.49. The zero-order valence-electron chi connectivity index (χ0n) is 8.45. The highest BCUT2D eigenvalue weighted by atomic mass is 15.1. The molecule has 1 fully saturated rings. The third-order valence-corrected chi connectivity index (χ3v) is 2.22. The second-order valence-electron chi connectivity index (χ2n) is 4.02. The van der Waals surface area contributed by atoms with E-state index < -0.39 is 0 Å². The SMILES string of the molecule is CN(C)CC1C[N]CCN(C)C1. The Hall–Kier alpha value is -0.120. The normalized spacial score (nSPS) is 27.5. The molecule has 12 heavy (non-hydrogen) atoms. The van der Waals surface area contributed by atoms with E-state index in [1.165, 1.54) is 6.54 Å². The van der Waals surface area contributed by atoms with Crippen LogP contribution in [0.3, 0.4) is 0 Å². The summed E-state index contributed by atoms with van der Waals surface area (Å²) >= 11 is 0. The second kappa shape index (κ2) is 4.80. The quantitative estimate of drug-likeness (QED) is 0.568. The summed E-state index contributed by atoms with van der Waals surface area (Å²) in [6.07, 6.45) is 0. The van der Waals surface area contributed by atoms with Crippen molar-refractivity contribution in [3.63, 3.8) is 0 Å². The third kappa shape index (κ3) is 3.52. The van der Waals surface area contributed by atoms with Gasteiger partial charge in [-0.05, 0) is 27.1 Å². The maximum Gasteiger partial charge on any atom is 0.0261 e. The molecular weight excluding hydrogens is 150 g/mol. The van der Waals surface area contributed by atoms with Gasteiger partial charge in [-0.2, -0.15) is 0 Å². The molecule has 0 aromatic heterocycles. The van der Waals surface area contributed by atoms with Gasteiger partial charge in [0.15, 0.2) is 0 Å². The molecular formula is C9H20N3. The van der Waals surface area contributed by atoms with Crippen LogP contribution in [0.2, 0.25) is 0 Å². The molecule has 0 N–H and O–H groups in total. The minimum absolute atomic E-state index is 0.729. The molecule has 0 aromatic rings. The van der Waals surface area contributed by atoms with Gasteiger partial charge in [-0.3, -0.25) is 0 Å². The van der Waals surface area contributed by atoms with Gasteiger partial charge < -0.3 is 9.80 Å². The predicted molar refractivity (Wildman–Crippen MR) is 51.4 cm³/mol. The molecule has 1 aliphatic rings. The summed E-state index contributed by atoms with van der Waals surface area (Å²) < 4.78 is 0. The fourth-order valence-electron chi connectivity index (χ4n) is 1.74. The van der Waals surface area contributed by atoms with Crippen LogP contribution in [0.5, 0.6) is 0 Å². The standard InChI is InChI=1S/C9H20N3/c1-11(2)7-9-6-10-4-5-12(3)8-9/h9H,4-8H2,1-3H3. The molecule has 1 heterocycles. The van der Waals surface area contributed by atoms with E-state index >= 15 is 0 Å². The Morgan fingerprint density at radius 2 is 2.25 bits per heavy atom. The molecule has 1 atom stereocenters. The van der Waals surface area contributed by atoms with Crippen LogP contribution in [0, 0.1) is 5.92 Å². The van der Waals surface area contributed by atoms with Crippen molar-refractivity contribution in [3.8, 4) is 0 Å². The molecule has 1 unspecified atom stereocenters. The van der Waals surface area contributed by atoms with E-state index in [1.807, 2.05) is 0 Å². The first-order valence-corrected chi connectivity index (χ1v) is 4.65. The van der Waals surface area contributed by atoms with Gasteiger partial charge in [-0.25, -0.2) is 5.32 Å². The molecule has 0 amide bonds. The Morgan fingerprint density at radius 1 is 1.50 bits per heavy atom. The summed E-state index contributed by atoms with van der Waals surface area (Å²) in [7, 11) is 6.44. The Balaban J connectivity index is 2.31. The molecule has 0 spiro atoms. The number of rotatable bonds is 2. The highest BCUT2D eigenvalue weighted by Crippen LogP contribution is 2.03. The van der Waals surface area contributed by atoms with Gasteiger partial charge in [0.1, 0.15) is 0 Å². The second-order valence-corrected chi connectivity index (χ2v) is 4.02. The van der Waals surface area contributed by atoms with Crippen molar-refractivity contribution >= 4 is 0 Å². The molecule has 3 heteroatoms. The van der Waals surface area contributed by atoms with Crippen molar-refractivity contribution in [3.05, 3.63) is 0 Å². The van der Waals surface area contributed by atoms with E-state index in [4.69, 9.17) is 0 Å². The number of likely N-dealkylation sites (N-methyl/N-ethyl adjacent to an activating group) is 1. The first kappa shape index (κ1) is 9.96. The van der Waals surface area contributed by atoms with Crippen molar-refractivity contribution < 1.29 is 0 Å². The summed E-state index contributed by atoms with van der Waals surface area (Å²) in [5, 5.41) is 4.49. The first-order valence-electron chi connectivity index (χ1n) is 4.65. The molecule has 0 aromatic carbocycles. The van der Waals surface area contributed by atoms with Gasteiger partial charge in [-0.15, -0.1) is 0 Å². The molecule has 1 radical (unpaired) electrons. The van der Waals surface area contributed by atoms with Gasteiger partial charge >= 0.3 is 0 Å². The fourth-order valence-corrected chi connectivity index (χ4v) is 1.74. The molecule has 0 aliphatic carbocycles. The van der Waals surface area contributed by atoms with Gasteiger partial charge in [-0.1, -0.05) is 0 Å². The van der Waals surface area contributed by atoms with Crippen LogP contribution in [0.4, 0.5) is 0 Å². The lowest BCUT2D eigenvalue weighted by molar-refractivity contribution is 0.258. The number of hydrogen-bond donors (Lipinski definition) is 0. The Bertz CT molecular complexity index is 125. The molecule has 0 saturated carbocycles. The minimum Gasteiger partial charge on any atom is -0.309 e. The van der Waals surface area contributed by atoms with Gasteiger partial charge in [0.2, 0.25) is 0 Å². The lowest BCUT2D eigenvalue weighted by Gasteiger charge is -2.22. The van der Waals surface area contributed by atoms with Crippen LogP contribution in [0.15, 0.2) is 0 Å². The van der Waals surface area contributed by atoms with Gasteiger partial charge in [0.25, 0.3) is 0 Å². The first-order chi connectivity index (χ1) is 5.68. The zero-order chi connectivity index (χ0) is 8.97. The van der Waals surface area contributed by atoms with Crippen LogP contribution >= 0.6 is 0 Å². The highest BCUT2D eigenvalue weighted by Gasteiger charge is 2.15. The average Bonchev–Trinajstić information content (AvgIpc) is 2.12. The maximum absolute atomic E-state index is 4.49. The van der Waals surface area contributed by atoms with Crippen molar-refractivity contribution in [2.24, 2.45) is 5.92 Å². The minimum atomic E-state index is 0.729. The number of hydrogen-bond acceptors (Lipinski definition) is 2. The van der Waals surface area contributed by atoms with Crippen molar-refractivity contribution in [1.29, 1.82) is 0 Å². The summed E-state index contributed by atoms with van der Waals surface area (Å²) in [5.74, 6) is 0.729. The molecule has 71 valence electrons. The summed E-state index contributed by atoms with van der Waals surface area (Å²) in [6, 6.07) is 0. The van der Waals surface area contributed by atoms with Crippen LogP contribution in [-0.2, 0) is 0 Å². The monoisotopic (exact) mass is 170 g/mol. The third-order valence-electron chi connectivity index (χ3n) is 2.22. The van der Waals surface area contributed by atoms with E-state index in [2.05, 4.69) is 36.3 Å². The van der Waals surface area contributed by atoms with Crippen LogP contribution in [0.1, 0.15) is 0 Å². The lowest BCUT2D eigenvalue weighted by Crippen LogP contribution is -2.32. The average molecular weight is 170 g/mol. The predicted octanol–water partition coefficient (Wildman–Crippen LogP) is -0.286. The summed E-state index contributed by atoms with van der Waals surface area (Å²) in [6.45, 7) is 5.54. The van der Waals surface area contributed by atoms with Crippen molar-refractivity contribution in [2.45, 2.75) is 0 Å².